The predicted molar refractivity (Wildman–Crippen MR) is 96.2 cm³/mol. The second kappa shape index (κ2) is 9.06. The van der Waals surface area contributed by atoms with Crippen molar-refractivity contribution in [2.45, 2.75) is 45.4 Å². The molecule has 1 atom stereocenters. The zero-order valence-corrected chi connectivity index (χ0v) is 15.3. The van der Waals surface area contributed by atoms with Crippen LogP contribution in [0.25, 0.3) is 0 Å². The van der Waals surface area contributed by atoms with Crippen molar-refractivity contribution < 1.29 is 9.59 Å². The van der Waals surface area contributed by atoms with Gasteiger partial charge in [-0.25, -0.2) is 0 Å². The summed E-state index contributed by atoms with van der Waals surface area (Å²) >= 11 is 3.38. The highest BCUT2D eigenvalue weighted by molar-refractivity contribution is 9.10. The summed E-state index contributed by atoms with van der Waals surface area (Å²) in [7, 11) is 0. The summed E-state index contributed by atoms with van der Waals surface area (Å²) in [4.78, 5) is 26.4. The number of nitrogens with zero attached hydrogens (tertiary/aromatic N) is 1. The third-order valence-electron chi connectivity index (χ3n) is 4.12. The van der Waals surface area contributed by atoms with E-state index in [0.29, 0.717) is 12.8 Å². The van der Waals surface area contributed by atoms with Crippen LogP contribution < -0.4 is 5.32 Å². The second-order valence-electron chi connectivity index (χ2n) is 6.37. The number of rotatable bonds is 5. The molecule has 0 aliphatic carbocycles. The lowest BCUT2D eigenvalue weighted by molar-refractivity contribution is -0.132. The predicted octanol–water partition coefficient (Wildman–Crippen LogP) is 4.21. The van der Waals surface area contributed by atoms with Crippen LogP contribution in [0.15, 0.2) is 28.7 Å². The van der Waals surface area contributed by atoms with Crippen LogP contribution in [0.3, 0.4) is 0 Å². The number of hydrogen-bond donors (Lipinski definition) is 1. The maximum absolute atomic E-state index is 12.3. The molecule has 4 nitrogen and oxygen atoms in total. The summed E-state index contributed by atoms with van der Waals surface area (Å²) in [6.45, 7) is 3.71. The first kappa shape index (κ1) is 18.0. The van der Waals surface area contributed by atoms with Crippen LogP contribution in [0.2, 0.25) is 0 Å². The molecule has 0 radical (unpaired) electrons. The van der Waals surface area contributed by atoms with Crippen LogP contribution >= 0.6 is 15.9 Å². The Morgan fingerprint density at radius 2 is 1.87 bits per heavy atom. The molecule has 1 N–H and O–H groups in total. The topological polar surface area (TPSA) is 49.4 Å². The van der Waals surface area contributed by atoms with Gasteiger partial charge in [0.2, 0.25) is 11.8 Å². The summed E-state index contributed by atoms with van der Waals surface area (Å²) < 4.78 is 0.930. The molecular formula is C18H25BrN2O2. The van der Waals surface area contributed by atoms with Crippen LogP contribution in [-0.2, 0) is 9.59 Å². The lowest BCUT2D eigenvalue weighted by atomic mass is 10.0. The van der Waals surface area contributed by atoms with Crippen LogP contribution in [0.5, 0.6) is 0 Å². The molecule has 1 saturated heterocycles. The highest BCUT2D eigenvalue weighted by Crippen LogP contribution is 2.18. The van der Waals surface area contributed by atoms with E-state index in [-0.39, 0.29) is 17.7 Å². The Morgan fingerprint density at radius 1 is 1.17 bits per heavy atom. The minimum Gasteiger partial charge on any atom is -0.343 e. The van der Waals surface area contributed by atoms with Gasteiger partial charge in [-0.1, -0.05) is 41.8 Å². The van der Waals surface area contributed by atoms with Crippen molar-refractivity contribution in [2.75, 3.05) is 18.4 Å². The largest absolute Gasteiger partial charge is 0.343 e. The summed E-state index contributed by atoms with van der Waals surface area (Å²) in [5.74, 6) is 0.201. The molecule has 1 heterocycles. The molecule has 1 aromatic rings. The number of carbonyl (C=O) groups excluding carboxylic acids is 2. The standard InChI is InChI=1S/C18H25BrN2O2/c1-14(12-18(23)21-9-4-2-3-5-10-21)11-17(22)20-16-8-6-7-15(19)13-16/h6-8,13-14H,2-5,9-12H2,1H3,(H,20,22). The number of amides is 2. The first-order chi connectivity index (χ1) is 11.0. The van der Waals surface area contributed by atoms with E-state index in [1.807, 2.05) is 36.1 Å². The molecule has 1 aromatic carbocycles. The van der Waals surface area contributed by atoms with Gasteiger partial charge in [-0.3, -0.25) is 9.59 Å². The zero-order chi connectivity index (χ0) is 16.7. The highest BCUT2D eigenvalue weighted by atomic mass is 79.9. The minimum absolute atomic E-state index is 0.0423. The Bertz CT molecular complexity index is 540. The maximum Gasteiger partial charge on any atom is 0.224 e. The van der Waals surface area contributed by atoms with Crippen molar-refractivity contribution in [3.8, 4) is 0 Å². The van der Waals surface area contributed by atoms with Crippen molar-refractivity contribution in [2.24, 2.45) is 5.92 Å². The summed E-state index contributed by atoms with van der Waals surface area (Å²) in [6, 6.07) is 7.52. The fourth-order valence-corrected chi connectivity index (χ4v) is 3.31. The van der Waals surface area contributed by atoms with E-state index < -0.39 is 0 Å². The van der Waals surface area contributed by atoms with E-state index in [9.17, 15) is 9.59 Å². The van der Waals surface area contributed by atoms with Crippen molar-refractivity contribution >= 4 is 33.4 Å². The van der Waals surface area contributed by atoms with Crippen molar-refractivity contribution in [1.82, 2.24) is 4.90 Å². The van der Waals surface area contributed by atoms with E-state index in [4.69, 9.17) is 0 Å². The van der Waals surface area contributed by atoms with E-state index in [1.165, 1.54) is 12.8 Å². The fraction of sp³-hybridized carbons (Fsp3) is 0.556. The molecule has 0 aromatic heterocycles. The Morgan fingerprint density at radius 3 is 2.52 bits per heavy atom. The molecule has 0 bridgehead atoms. The van der Waals surface area contributed by atoms with E-state index in [0.717, 1.165) is 36.1 Å². The average Bonchev–Trinajstić information content (AvgIpc) is 2.75. The van der Waals surface area contributed by atoms with Crippen LogP contribution in [0, 0.1) is 5.92 Å². The normalized spacial score (nSPS) is 16.5. The van der Waals surface area contributed by atoms with Crippen molar-refractivity contribution in [3.05, 3.63) is 28.7 Å². The summed E-state index contributed by atoms with van der Waals surface area (Å²) in [5, 5.41) is 2.88. The molecule has 2 rings (SSSR count). The third-order valence-corrected chi connectivity index (χ3v) is 4.62. The molecule has 1 aliphatic rings. The number of hydrogen-bond acceptors (Lipinski definition) is 2. The van der Waals surface area contributed by atoms with Gasteiger partial charge in [0.1, 0.15) is 0 Å². The molecule has 1 aliphatic heterocycles. The quantitative estimate of drug-likeness (QED) is 0.831. The third kappa shape index (κ3) is 6.34. The molecule has 1 fully saturated rings. The van der Waals surface area contributed by atoms with Gasteiger partial charge in [-0.15, -0.1) is 0 Å². The Hall–Kier alpha value is -1.36. The van der Waals surface area contributed by atoms with Gasteiger partial charge in [0, 0.05) is 36.1 Å². The first-order valence-corrected chi connectivity index (χ1v) is 9.17. The Balaban J connectivity index is 1.77. The molecule has 0 spiro atoms. The molecule has 2 amide bonds. The molecule has 23 heavy (non-hydrogen) atoms. The van der Waals surface area contributed by atoms with Gasteiger partial charge in [0.15, 0.2) is 0 Å². The van der Waals surface area contributed by atoms with Crippen molar-refractivity contribution in [1.29, 1.82) is 0 Å². The SMILES string of the molecule is CC(CC(=O)Nc1cccc(Br)c1)CC(=O)N1CCCCCC1. The minimum atomic E-state index is -0.0423. The van der Waals surface area contributed by atoms with E-state index >= 15 is 0 Å². The lowest BCUT2D eigenvalue weighted by Gasteiger charge is -2.22. The molecule has 0 saturated carbocycles. The zero-order valence-electron chi connectivity index (χ0n) is 13.7. The lowest BCUT2D eigenvalue weighted by Crippen LogP contribution is -2.33. The average molecular weight is 381 g/mol. The van der Waals surface area contributed by atoms with Crippen LogP contribution in [0.1, 0.15) is 45.4 Å². The first-order valence-electron chi connectivity index (χ1n) is 8.38. The monoisotopic (exact) mass is 380 g/mol. The summed E-state index contributed by atoms with van der Waals surface area (Å²) in [5.41, 5.74) is 0.774. The number of likely N-dealkylation sites (tertiary alicyclic amines) is 1. The maximum atomic E-state index is 12.3. The number of carbonyl (C=O) groups is 2. The van der Waals surface area contributed by atoms with E-state index in [2.05, 4.69) is 21.2 Å². The molecular weight excluding hydrogens is 356 g/mol. The molecule has 126 valence electrons. The van der Waals surface area contributed by atoms with Gasteiger partial charge in [0.05, 0.1) is 0 Å². The van der Waals surface area contributed by atoms with E-state index in [1.54, 1.807) is 0 Å². The highest BCUT2D eigenvalue weighted by Gasteiger charge is 2.19. The smallest absolute Gasteiger partial charge is 0.224 e. The molecule has 5 heteroatoms. The molecule has 1 unspecified atom stereocenters. The van der Waals surface area contributed by atoms with Crippen molar-refractivity contribution in [3.63, 3.8) is 0 Å². The van der Waals surface area contributed by atoms with Gasteiger partial charge >= 0.3 is 0 Å². The Kier molecular flexibility index (Phi) is 7.09. The van der Waals surface area contributed by atoms with Gasteiger partial charge in [-0.2, -0.15) is 0 Å². The summed E-state index contributed by atoms with van der Waals surface area (Å²) in [6.07, 6.45) is 5.45. The fourth-order valence-electron chi connectivity index (χ4n) is 2.91. The number of benzene rings is 1. The van der Waals surface area contributed by atoms with Gasteiger partial charge in [-0.05, 0) is 37.0 Å². The Labute approximate surface area is 146 Å². The van der Waals surface area contributed by atoms with Gasteiger partial charge < -0.3 is 10.2 Å². The van der Waals surface area contributed by atoms with Crippen LogP contribution in [-0.4, -0.2) is 29.8 Å². The van der Waals surface area contributed by atoms with Gasteiger partial charge in [0.25, 0.3) is 0 Å². The number of anilines is 1. The van der Waals surface area contributed by atoms with Crippen LogP contribution in [0.4, 0.5) is 5.69 Å². The number of halogens is 1. The second-order valence-corrected chi connectivity index (χ2v) is 7.28. The number of nitrogens with one attached hydrogen (secondary N) is 1.